The lowest BCUT2D eigenvalue weighted by molar-refractivity contribution is 0.0960. The van der Waals surface area contributed by atoms with Gasteiger partial charge in [-0.05, 0) is 26.3 Å². The Balaban J connectivity index is 2.56. The number of aromatic amines is 1. The van der Waals surface area contributed by atoms with Crippen LogP contribution in [0.5, 0.6) is 0 Å². The molecule has 0 aliphatic rings. The highest BCUT2D eigenvalue weighted by Crippen LogP contribution is 2.21. The number of aryl methyl sites for hydroxylation is 1. The third-order valence-electron chi connectivity index (χ3n) is 3.84. The number of furan rings is 1. The summed E-state index contributed by atoms with van der Waals surface area (Å²) in [5, 5.41) is 0. The number of aromatic nitrogens is 2. The minimum absolute atomic E-state index is 0.0170. The molecule has 0 fully saturated rings. The predicted octanol–water partition coefficient (Wildman–Crippen LogP) is 1.49. The summed E-state index contributed by atoms with van der Waals surface area (Å²) < 4.78 is 6.50. The van der Waals surface area contributed by atoms with Crippen molar-refractivity contribution in [1.29, 1.82) is 0 Å². The Morgan fingerprint density at radius 3 is 2.62 bits per heavy atom. The zero-order chi connectivity index (χ0) is 17.9. The third-order valence-corrected chi connectivity index (χ3v) is 3.84. The van der Waals surface area contributed by atoms with Crippen LogP contribution in [0.25, 0.3) is 0 Å². The molecule has 0 saturated carbocycles. The monoisotopic (exact) mass is 334 g/mol. The van der Waals surface area contributed by atoms with Gasteiger partial charge in [-0.2, -0.15) is 0 Å². The SMILES string of the molecule is CCCCn1c(N)c(N(CC)C(=O)c2occc2C)c(=O)[nH]c1=O. The number of carbonyl (C=O) groups excluding carboxylic acids is 1. The van der Waals surface area contributed by atoms with Crippen LogP contribution in [-0.4, -0.2) is 22.0 Å². The van der Waals surface area contributed by atoms with Gasteiger partial charge in [0.15, 0.2) is 11.4 Å². The Morgan fingerprint density at radius 2 is 2.08 bits per heavy atom. The van der Waals surface area contributed by atoms with E-state index in [-0.39, 0.29) is 23.8 Å². The third kappa shape index (κ3) is 3.12. The maximum atomic E-state index is 12.7. The Hall–Kier alpha value is -2.77. The van der Waals surface area contributed by atoms with Crippen LogP contribution in [0, 0.1) is 6.92 Å². The van der Waals surface area contributed by atoms with Crippen LogP contribution in [-0.2, 0) is 6.54 Å². The van der Waals surface area contributed by atoms with E-state index in [0.717, 1.165) is 12.8 Å². The van der Waals surface area contributed by atoms with Crippen molar-refractivity contribution in [3.8, 4) is 0 Å². The Bertz CT molecular complexity index is 846. The molecule has 0 aliphatic heterocycles. The van der Waals surface area contributed by atoms with Crippen molar-refractivity contribution in [2.45, 2.75) is 40.2 Å². The fraction of sp³-hybridized carbons (Fsp3) is 0.438. The Labute approximate surface area is 138 Å². The molecule has 2 aromatic heterocycles. The number of nitrogens with one attached hydrogen (secondary N) is 1. The van der Waals surface area contributed by atoms with Gasteiger partial charge in [0.1, 0.15) is 5.82 Å². The van der Waals surface area contributed by atoms with E-state index in [9.17, 15) is 14.4 Å². The van der Waals surface area contributed by atoms with Crippen molar-refractivity contribution in [2.75, 3.05) is 17.2 Å². The van der Waals surface area contributed by atoms with Gasteiger partial charge in [0.25, 0.3) is 11.5 Å². The first-order chi connectivity index (χ1) is 11.4. The summed E-state index contributed by atoms with van der Waals surface area (Å²) in [5.41, 5.74) is 5.41. The second-order valence-electron chi connectivity index (χ2n) is 5.48. The highest BCUT2D eigenvalue weighted by atomic mass is 16.3. The maximum Gasteiger partial charge on any atom is 0.330 e. The van der Waals surface area contributed by atoms with Crippen molar-refractivity contribution in [1.82, 2.24) is 9.55 Å². The van der Waals surface area contributed by atoms with Gasteiger partial charge in [-0.1, -0.05) is 13.3 Å². The molecule has 0 bridgehead atoms. The average Bonchev–Trinajstić information content (AvgIpc) is 2.96. The summed E-state index contributed by atoms with van der Waals surface area (Å²) in [5.74, 6) is -0.351. The van der Waals surface area contributed by atoms with E-state index < -0.39 is 17.2 Å². The molecule has 0 spiro atoms. The lowest BCUT2D eigenvalue weighted by atomic mass is 10.2. The fourth-order valence-electron chi connectivity index (χ4n) is 2.49. The second-order valence-corrected chi connectivity index (χ2v) is 5.48. The molecule has 130 valence electrons. The zero-order valence-electron chi connectivity index (χ0n) is 14.1. The van der Waals surface area contributed by atoms with E-state index in [1.54, 1.807) is 19.9 Å². The lowest BCUT2D eigenvalue weighted by Gasteiger charge is -2.22. The van der Waals surface area contributed by atoms with Crippen LogP contribution in [0.3, 0.4) is 0 Å². The topological polar surface area (TPSA) is 114 Å². The van der Waals surface area contributed by atoms with Crippen molar-refractivity contribution in [3.63, 3.8) is 0 Å². The van der Waals surface area contributed by atoms with Crippen LogP contribution >= 0.6 is 0 Å². The van der Waals surface area contributed by atoms with Gasteiger partial charge in [0.2, 0.25) is 0 Å². The van der Waals surface area contributed by atoms with Gasteiger partial charge in [-0.3, -0.25) is 24.0 Å². The number of amides is 1. The zero-order valence-corrected chi connectivity index (χ0v) is 14.1. The molecule has 3 N–H and O–H groups in total. The Morgan fingerprint density at radius 1 is 1.38 bits per heavy atom. The van der Waals surface area contributed by atoms with Crippen LogP contribution in [0.4, 0.5) is 11.5 Å². The van der Waals surface area contributed by atoms with Gasteiger partial charge in [-0.25, -0.2) is 4.79 Å². The smallest absolute Gasteiger partial charge is 0.330 e. The molecule has 0 atom stereocenters. The van der Waals surface area contributed by atoms with Crippen molar-refractivity contribution in [2.24, 2.45) is 0 Å². The molecule has 8 nitrogen and oxygen atoms in total. The van der Waals surface area contributed by atoms with E-state index in [4.69, 9.17) is 10.2 Å². The summed E-state index contributed by atoms with van der Waals surface area (Å²) in [6, 6.07) is 1.66. The molecule has 0 saturated heterocycles. The van der Waals surface area contributed by atoms with E-state index in [2.05, 4.69) is 4.98 Å². The first-order valence-corrected chi connectivity index (χ1v) is 7.90. The number of nitrogens with zero attached hydrogens (tertiary/aromatic N) is 2. The van der Waals surface area contributed by atoms with Crippen LogP contribution < -0.4 is 21.9 Å². The number of nitrogen functional groups attached to an aromatic ring is 1. The van der Waals surface area contributed by atoms with Gasteiger partial charge in [0, 0.05) is 18.7 Å². The molecule has 0 unspecified atom stereocenters. The maximum absolute atomic E-state index is 12.7. The van der Waals surface area contributed by atoms with Crippen molar-refractivity contribution < 1.29 is 9.21 Å². The molecule has 2 rings (SSSR count). The molecule has 24 heavy (non-hydrogen) atoms. The number of carbonyl (C=O) groups is 1. The normalized spacial score (nSPS) is 10.8. The summed E-state index contributed by atoms with van der Waals surface area (Å²) in [6.07, 6.45) is 3.00. The van der Waals surface area contributed by atoms with E-state index >= 15 is 0 Å². The second kappa shape index (κ2) is 7.20. The van der Waals surface area contributed by atoms with E-state index in [1.807, 2.05) is 6.92 Å². The summed E-state index contributed by atoms with van der Waals surface area (Å²) in [7, 11) is 0. The van der Waals surface area contributed by atoms with Crippen LogP contribution in [0.2, 0.25) is 0 Å². The first-order valence-electron chi connectivity index (χ1n) is 7.90. The molecular weight excluding hydrogens is 312 g/mol. The molecule has 1 amide bonds. The molecule has 0 aliphatic carbocycles. The largest absolute Gasteiger partial charge is 0.459 e. The quantitative estimate of drug-likeness (QED) is 0.830. The number of nitrogens with two attached hydrogens (primary N) is 1. The highest BCUT2D eigenvalue weighted by molar-refractivity contribution is 6.06. The minimum atomic E-state index is -0.690. The van der Waals surface area contributed by atoms with Gasteiger partial charge in [0.05, 0.1) is 6.26 Å². The first kappa shape index (κ1) is 17.6. The number of anilines is 2. The van der Waals surface area contributed by atoms with E-state index in [1.165, 1.54) is 15.7 Å². The lowest BCUT2D eigenvalue weighted by Crippen LogP contribution is -2.41. The number of rotatable bonds is 6. The van der Waals surface area contributed by atoms with Crippen LogP contribution in [0.1, 0.15) is 42.8 Å². The van der Waals surface area contributed by atoms with E-state index in [0.29, 0.717) is 12.1 Å². The summed E-state index contributed by atoms with van der Waals surface area (Å²) in [4.78, 5) is 40.4. The Kier molecular flexibility index (Phi) is 5.28. The number of hydrogen-bond donors (Lipinski definition) is 2. The number of unbranched alkanes of at least 4 members (excludes halogenated alkanes) is 1. The van der Waals surface area contributed by atoms with Gasteiger partial charge >= 0.3 is 5.69 Å². The molecule has 2 aromatic rings. The highest BCUT2D eigenvalue weighted by Gasteiger charge is 2.26. The van der Waals surface area contributed by atoms with Crippen LogP contribution in [0.15, 0.2) is 26.3 Å². The van der Waals surface area contributed by atoms with Crippen molar-refractivity contribution in [3.05, 3.63) is 44.5 Å². The van der Waals surface area contributed by atoms with Crippen molar-refractivity contribution >= 4 is 17.4 Å². The molecular formula is C16H22N4O4. The van der Waals surface area contributed by atoms with Gasteiger partial charge < -0.3 is 10.2 Å². The summed E-state index contributed by atoms with van der Waals surface area (Å²) in [6.45, 7) is 6.01. The molecule has 0 radical (unpaired) electrons. The minimum Gasteiger partial charge on any atom is -0.459 e. The fourth-order valence-corrected chi connectivity index (χ4v) is 2.49. The predicted molar refractivity (Wildman–Crippen MR) is 91.4 cm³/mol. The average molecular weight is 334 g/mol. The molecule has 2 heterocycles. The van der Waals surface area contributed by atoms with Gasteiger partial charge in [-0.15, -0.1) is 0 Å². The molecule has 8 heteroatoms. The summed E-state index contributed by atoms with van der Waals surface area (Å²) >= 11 is 0. The number of H-pyrrole nitrogens is 1. The molecule has 0 aromatic carbocycles. The number of hydrogen-bond acceptors (Lipinski definition) is 5. The standard InChI is InChI=1S/C16H22N4O4/c1-4-6-8-20-13(17)11(14(21)18-16(20)23)19(5-2)15(22)12-10(3)7-9-24-12/h7,9H,4-6,8,17H2,1-3H3,(H,18,21,23).